The molecule has 0 atom stereocenters. The fourth-order valence-corrected chi connectivity index (χ4v) is 2.20. The summed E-state index contributed by atoms with van der Waals surface area (Å²) in [7, 11) is 1.89. The molecule has 0 bridgehead atoms. The lowest BCUT2D eigenvalue weighted by Crippen LogP contribution is -2.06. The molecule has 3 nitrogen and oxygen atoms in total. The van der Waals surface area contributed by atoms with Gasteiger partial charge >= 0.3 is 0 Å². The fourth-order valence-electron chi connectivity index (χ4n) is 1.43. The minimum absolute atomic E-state index is 0.216. The van der Waals surface area contributed by atoms with Crippen molar-refractivity contribution in [3.63, 3.8) is 0 Å². The van der Waals surface area contributed by atoms with E-state index in [0.29, 0.717) is 5.75 Å². The minimum atomic E-state index is -0.216. The molecule has 2 rings (SSSR count). The van der Waals surface area contributed by atoms with E-state index in [4.69, 9.17) is 0 Å². The van der Waals surface area contributed by atoms with E-state index in [1.165, 1.54) is 12.1 Å². The highest BCUT2D eigenvalue weighted by atomic mass is 32.2. The molecule has 0 saturated carbocycles. The molecule has 0 amide bonds. The highest BCUT2D eigenvalue weighted by Crippen LogP contribution is 2.21. The summed E-state index contributed by atoms with van der Waals surface area (Å²) in [5.74, 6) is 1.25. The van der Waals surface area contributed by atoms with Crippen LogP contribution < -0.4 is 5.32 Å². The number of aromatic nitrogens is 2. The average molecular weight is 263 g/mol. The van der Waals surface area contributed by atoms with E-state index in [0.717, 1.165) is 22.8 Å². The third-order valence-electron chi connectivity index (χ3n) is 2.32. The van der Waals surface area contributed by atoms with Crippen molar-refractivity contribution in [1.82, 2.24) is 15.3 Å². The number of halogens is 1. The maximum absolute atomic E-state index is 12.7. The van der Waals surface area contributed by atoms with Crippen molar-refractivity contribution in [2.45, 2.75) is 17.2 Å². The van der Waals surface area contributed by atoms with Gasteiger partial charge in [-0.25, -0.2) is 14.4 Å². The van der Waals surface area contributed by atoms with Crippen LogP contribution in [-0.2, 0) is 12.3 Å². The maximum Gasteiger partial charge on any atom is 0.138 e. The largest absolute Gasteiger partial charge is 0.316 e. The summed E-state index contributed by atoms with van der Waals surface area (Å²) in [4.78, 5) is 9.58. The van der Waals surface area contributed by atoms with Gasteiger partial charge in [-0.05, 0) is 31.3 Å². The van der Waals surface area contributed by atoms with Crippen molar-refractivity contribution in [3.8, 4) is 0 Å². The van der Waals surface area contributed by atoms with Gasteiger partial charge in [0.15, 0.2) is 0 Å². The molecule has 1 aromatic heterocycles. The first kappa shape index (κ1) is 13.0. The van der Waals surface area contributed by atoms with E-state index >= 15 is 0 Å². The second kappa shape index (κ2) is 6.47. The molecule has 0 radical (unpaired) electrons. The van der Waals surface area contributed by atoms with Gasteiger partial charge in [0.25, 0.3) is 0 Å². The molecule has 0 aliphatic rings. The molecule has 94 valence electrons. The van der Waals surface area contributed by atoms with Gasteiger partial charge < -0.3 is 5.32 Å². The first-order valence-electron chi connectivity index (χ1n) is 5.60. The van der Waals surface area contributed by atoms with Crippen LogP contribution in [0, 0.1) is 5.82 Å². The summed E-state index contributed by atoms with van der Waals surface area (Å²) in [6.07, 6.45) is 3.65. The van der Waals surface area contributed by atoms with Gasteiger partial charge in [-0.15, -0.1) is 11.8 Å². The molecule has 2 aromatic rings. The summed E-state index contributed by atoms with van der Waals surface area (Å²) < 4.78 is 12.7. The van der Waals surface area contributed by atoms with Crippen LogP contribution in [0.5, 0.6) is 0 Å². The van der Waals surface area contributed by atoms with Gasteiger partial charge in [0, 0.05) is 29.4 Å². The van der Waals surface area contributed by atoms with E-state index in [1.807, 2.05) is 19.4 Å². The lowest BCUT2D eigenvalue weighted by Gasteiger charge is -2.02. The topological polar surface area (TPSA) is 37.8 Å². The van der Waals surface area contributed by atoms with E-state index < -0.39 is 0 Å². The number of benzene rings is 1. The number of nitrogens with one attached hydrogen (secondary N) is 1. The van der Waals surface area contributed by atoms with Gasteiger partial charge in [-0.3, -0.25) is 0 Å². The molecule has 5 heteroatoms. The fraction of sp³-hybridized carbons (Fsp3) is 0.231. The molecule has 0 aliphatic heterocycles. The van der Waals surface area contributed by atoms with Gasteiger partial charge in [-0.1, -0.05) is 0 Å². The normalized spacial score (nSPS) is 10.6. The second-order valence-electron chi connectivity index (χ2n) is 3.78. The smallest absolute Gasteiger partial charge is 0.138 e. The quantitative estimate of drug-likeness (QED) is 0.842. The van der Waals surface area contributed by atoms with Crippen LogP contribution in [0.1, 0.15) is 11.4 Å². The first-order valence-corrected chi connectivity index (χ1v) is 6.59. The van der Waals surface area contributed by atoms with Crippen LogP contribution >= 0.6 is 11.8 Å². The standard InChI is InChI=1S/C13H14FN3S/c1-15-6-10-7-16-13(17-8-10)9-18-12-4-2-11(14)3-5-12/h2-5,7-8,15H,6,9H2,1H3. The molecular formula is C13H14FN3S. The Hall–Kier alpha value is -1.46. The lowest BCUT2D eigenvalue weighted by molar-refractivity contribution is 0.626. The Kier molecular flexibility index (Phi) is 4.66. The Balaban J connectivity index is 1.91. The van der Waals surface area contributed by atoms with Gasteiger partial charge in [-0.2, -0.15) is 0 Å². The first-order chi connectivity index (χ1) is 8.78. The predicted molar refractivity (Wildman–Crippen MR) is 70.8 cm³/mol. The molecule has 0 saturated heterocycles. The van der Waals surface area contributed by atoms with Crippen molar-refractivity contribution in [1.29, 1.82) is 0 Å². The number of rotatable bonds is 5. The van der Waals surface area contributed by atoms with Gasteiger partial charge in [0.2, 0.25) is 0 Å². The van der Waals surface area contributed by atoms with Crippen molar-refractivity contribution in [2.24, 2.45) is 0 Å². The molecule has 0 aliphatic carbocycles. The second-order valence-corrected chi connectivity index (χ2v) is 4.83. The van der Waals surface area contributed by atoms with Crippen LogP contribution in [0.4, 0.5) is 4.39 Å². The summed E-state index contributed by atoms with van der Waals surface area (Å²) in [5, 5.41) is 3.05. The molecule has 1 aromatic carbocycles. The van der Waals surface area contributed by atoms with Crippen LogP contribution in [0.2, 0.25) is 0 Å². The van der Waals surface area contributed by atoms with Gasteiger partial charge in [0.1, 0.15) is 11.6 Å². The van der Waals surface area contributed by atoms with E-state index in [2.05, 4.69) is 15.3 Å². The van der Waals surface area contributed by atoms with Crippen molar-refractivity contribution in [3.05, 3.63) is 53.9 Å². The minimum Gasteiger partial charge on any atom is -0.316 e. The van der Waals surface area contributed by atoms with Crippen LogP contribution in [0.15, 0.2) is 41.6 Å². The number of nitrogens with zero attached hydrogens (tertiary/aromatic N) is 2. The Morgan fingerprint density at radius 2 is 1.83 bits per heavy atom. The molecule has 0 spiro atoms. The van der Waals surface area contributed by atoms with Crippen LogP contribution in [-0.4, -0.2) is 17.0 Å². The highest BCUT2D eigenvalue weighted by Gasteiger charge is 2.00. The molecule has 0 unspecified atom stereocenters. The zero-order valence-corrected chi connectivity index (χ0v) is 10.9. The molecule has 0 fully saturated rings. The zero-order valence-electron chi connectivity index (χ0n) is 10.1. The summed E-state index contributed by atoms with van der Waals surface area (Å²) in [6, 6.07) is 6.43. The van der Waals surface area contributed by atoms with Crippen molar-refractivity contribution < 1.29 is 4.39 Å². The van der Waals surface area contributed by atoms with E-state index in [-0.39, 0.29) is 5.82 Å². The van der Waals surface area contributed by atoms with E-state index in [1.54, 1.807) is 23.9 Å². The molecule has 1 heterocycles. The molecular weight excluding hydrogens is 249 g/mol. The third-order valence-corrected chi connectivity index (χ3v) is 3.33. The maximum atomic E-state index is 12.7. The number of thioether (sulfide) groups is 1. The predicted octanol–water partition coefficient (Wildman–Crippen LogP) is 2.63. The van der Waals surface area contributed by atoms with E-state index in [9.17, 15) is 4.39 Å². The summed E-state index contributed by atoms with van der Waals surface area (Å²) in [6.45, 7) is 0.769. The monoisotopic (exact) mass is 263 g/mol. The Labute approximate surface area is 110 Å². The SMILES string of the molecule is CNCc1cnc(CSc2ccc(F)cc2)nc1. The molecule has 18 heavy (non-hydrogen) atoms. The van der Waals surface area contributed by atoms with Crippen molar-refractivity contribution in [2.75, 3.05) is 7.05 Å². The Morgan fingerprint density at radius 1 is 1.17 bits per heavy atom. The number of hydrogen-bond acceptors (Lipinski definition) is 4. The Bertz CT molecular complexity index is 485. The van der Waals surface area contributed by atoms with Crippen LogP contribution in [0.25, 0.3) is 0 Å². The summed E-state index contributed by atoms with van der Waals surface area (Å²) >= 11 is 1.59. The van der Waals surface area contributed by atoms with Gasteiger partial charge in [0.05, 0.1) is 5.75 Å². The highest BCUT2D eigenvalue weighted by molar-refractivity contribution is 7.98. The Morgan fingerprint density at radius 3 is 2.44 bits per heavy atom. The third kappa shape index (κ3) is 3.78. The lowest BCUT2D eigenvalue weighted by atomic mass is 10.3. The van der Waals surface area contributed by atoms with Crippen molar-refractivity contribution >= 4 is 11.8 Å². The summed E-state index contributed by atoms with van der Waals surface area (Å²) in [5.41, 5.74) is 1.06. The zero-order chi connectivity index (χ0) is 12.8. The molecule has 1 N–H and O–H groups in total. The number of hydrogen-bond donors (Lipinski definition) is 1. The van der Waals surface area contributed by atoms with Crippen LogP contribution in [0.3, 0.4) is 0 Å². The average Bonchev–Trinajstić information content (AvgIpc) is 2.40.